The number of piperidine rings is 1. The number of morpholine rings is 1. The van der Waals surface area contributed by atoms with Crippen molar-refractivity contribution < 1.29 is 22.7 Å². The molecule has 0 saturated carbocycles. The molecule has 3 aliphatic rings. The second kappa shape index (κ2) is 8.76. The minimum Gasteiger partial charge on any atom is -0.379 e. The highest BCUT2D eigenvalue weighted by Crippen LogP contribution is 2.34. The Kier molecular flexibility index (Phi) is 6.35. The van der Waals surface area contributed by atoms with E-state index in [1.165, 1.54) is 4.31 Å². The Hall–Kier alpha value is -1.97. The largest absolute Gasteiger partial charge is 0.379 e. The van der Waals surface area contributed by atoms with Gasteiger partial charge in [-0.3, -0.25) is 9.59 Å². The predicted octanol–water partition coefficient (Wildman–Crippen LogP) is 1.88. The van der Waals surface area contributed by atoms with Gasteiger partial charge < -0.3 is 14.5 Å². The standard InChI is InChI=1S/C23H33N3O5S/c1-23(2,3)22(28)24-9-4-5-18(16-24)21(27)26-10-8-17-15-19(6-7-20(17)26)32(29,30)25-11-13-31-14-12-25/h6-7,15,18H,4-5,8-14,16H2,1-3H3. The summed E-state index contributed by atoms with van der Waals surface area (Å²) in [7, 11) is -3.57. The molecule has 1 atom stereocenters. The monoisotopic (exact) mass is 463 g/mol. The highest BCUT2D eigenvalue weighted by atomic mass is 32.2. The number of likely N-dealkylation sites (tertiary alicyclic amines) is 1. The van der Waals surface area contributed by atoms with Crippen LogP contribution in [-0.4, -0.2) is 75.4 Å². The van der Waals surface area contributed by atoms with Crippen LogP contribution in [0.3, 0.4) is 0 Å². The molecule has 0 aromatic heterocycles. The second-order valence-electron chi connectivity index (χ2n) is 9.89. The van der Waals surface area contributed by atoms with Crippen LogP contribution in [0, 0.1) is 11.3 Å². The molecule has 1 aromatic carbocycles. The Labute approximate surface area is 190 Å². The summed E-state index contributed by atoms with van der Waals surface area (Å²) in [5.74, 6) is -0.119. The van der Waals surface area contributed by atoms with E-state index in [2.05, 4.69) is 0 Å². The lowest BCUT2D eigenvalue weighted by atomic mass is 9.90. The van der Waals surface area contributed by atoms with Crippen molar-refractivity contribution in [2.75, 3.05) is 50.8 Å². The van der Waals surface area contributed by atoms with E-state index in [4.69, 9.17) is 4.74 Å². The lowest BCUT2D eigenvalue weighted by molar-refractivity contribution is -0.142. The summed E-state index contributed by atoms with van der Waals surface area (Å²) in [6, 6.07) is 5.07. The van der Waals surface area contributed by atoms with Crippen LogP contribution in [0.5, 0.6) is 0 Å². The zero-order valence-corrected chi connectivity index (χ0v) is 20.0. The Balaban J connectivity index is 1.50. The summed E-state index contributed by atoms with van der Waals surface area (Å²) < 4.78 is 32.7. The molecular weight excluding hydrogens is 430 g/mol. The van der Waals surface area contributed by atoms with Gasteiger partial charge in [0.1, 0.15) is 0 Å². The van der Waals surface area contributed by atoms with Crippen LogP contribution < -0.4 is 4.90 Å². The van der Waals surface area contributed by atoms with Crippen molar-refractivity contribution in [3.8, 4) is 0 Å². The molecule has 1 unspecified atom stereocenters. The minimum atomic E-state index is -3.57. The zero-order chi connectivity index (χ0) is 23.1. The quantitative estimate of drug-likeness (QED) is 0.683. The van der Waals surface area contributed by atoms with E-state index < -0.39 is 15.4 Å². The van der Waals surface area contributed by atoms with E-state index in [-0.39, 0.29) is 22.6 Å². The molecule has 2 amide bonds. The van der Waals surface area contributed by atoms with Crippen LogP contribution >= 0.6 is 0 Å². The van der Waals surface area contributed by atoms with Crippen LogP contribution in [0.4, 0.5) is 5.69 Å². The summed E-state index contributed by atoms with van der Waals surface area (Å²) in [5, 5.41) is 0. The molecule has 2 saturated heterocycles. The van der Waals surface area contributed by atoms with Gasteiger partial charge in [0.05, 0.1) is 24.0 Å². The Bertz CT molecular complexity index is 995. The first kappa shape index (κ1) is 23.2. The van der Waals surface area contributed by atoms with Crippen LogP contribution in [0.15, 0.2) is 23.1 Å². The number of hydrogen-bond acceptors (Lipinski definition) is 5. The van der Waals surface area contributed by atoms with Gasteiger partial charge in [-0.25, -0.2) is 8.42 Å². The maximum atomic E-state index is 13.4. The molecule has 0 radical (unpaired) electrons. The average molecular weight is 464 g/mol. The molecule has 176 valence electrons. The number of nitrogens with zero attached hydrogens (tertiary/aromatic N) is 3. The van der Waals surface area contributed by atoms with Gasteiger partial charge in [-0.1, -0.05) is 20.8 Å². The van der Waals surface area contributed by atoms with Crippen LogP contribution in [0.25, 0.3) is 0 Å². The molecule has 0 spiro atoms. The summed E-state index contributed by atoms with van der Waals surface area (Å²) >= 11 is 0. The molecule has 0 aliphatic carbocycles. The number of carbonyl (C=O) groups is 2. The van der Waals surface area contributed by atoms with E-state index in [0.717, 1.165) is 24.1 Å². The molecule has 8 nitrogen and oxygen atoms in total. The fourth-order valence-electron chi connectivity index (χ4n) is 4.76. The molecule has 3 heterocycles. The first-order valence-electron chi connectivity index (χ1n) is 11.4. The fraction of sp³-hybridized carbons (Fsp3) is 0.652. The highest BCUT2D eigenvalue weighted by molar-refractivity contribution is 7.89. The first-order chi connectivity index (χ1) is 15.1. The van der Waals surface area contributed by atoms with Crippen molar-refractivity contribution in [3.05, 3.63) is 23.8 Å². The van der Waals surface area contributed by atoms with Gasteiger partial charge in [0.25, 0.3) is 0 Å². The summed E-state index contributed by atoms with van der Waals surface area (Å²) in [5.41, 5.74) is 1.20. The van der Waals surface area contributed by atoms with Crippen molar-refractivity contribution in [1.29, 1.82) is 0 Å². The SMILES string of the molecule is CC(C)(C)C(=O)N1CCCC(C(=O)N2CCc3cc(S(=O)(=O)N4CCOCC4)ccc32)C1. The summed E-state index contributed by atoms with van der Waals surface area (Å²) in [4.78, 5) is 29.9. The molecule has 9 heteroatoms. The van der Waals surface area contributed by atoms with Gasteiger partial charge in [-0.2, -0.15) is 4.31 Å². The number of benzene rings is 1. The Morgan fingerprint density at radius 3 is 2.47 bits per heavy atom. The third-order valence-corrected chi connectivity index (χ3v) is 8.41. The third kappa shape index (κ3) is 4.43. The number of anilines is 1. The van der Waals surface area contributed by atoms with Gasteiger partial charge in [-0.15, -0.1) is 0 Å². The van der Waals surface area contributed by atoms with E-state index >= 15 is 0 Å². The van der Waals surface area contributed by atoms with Gasteiger partial charge in [-0.05, 0) is 43.0 Å². The molecule has 0 bridgehead atoms. The molecule has 0 N–H and O–H groups in total. The smallest absolute Gasteiger partial charge is 0.243 e. The van der Waals surface area contributed by atoms with Crippen LogP contribution in [-0.2, 0) is 30.8 Å². The number of carbonyl (C=O) groups excluding carboxylic acids is 2. The molecule has 4 rings (SSSR count). The van der Waals surface area contributed by atoms with Gasteiger partial charge in [0, 0.05) is 43.8 Å². The average Bonchev–Trinajstić information content (AvgIpc) is 3.21. The number of ether oxygens (including phenoxy) is 1. The summed E-state index contributed by atoms with van der Waals surface area (Å²) in [6.45, 7) is 8.92. The number of amides is 2. The first-order valence-corrected chi connectivity index (χ1v) is 12.8. The molecule has 1 aromatic rings. The van der Waals surface area contributed by atoms with Crippen LogP contribution in [0.2, 0.25) is 0 Å². The van der Waals surface area contributed by atoms with Gasteiger partial charge >= 0.3 is 0 Å². The van der Waals surface area contributed by atoms with E-state index in [0.29, 0.717) is 52.4 Å². The lowest BCUT2D eigenvalue weighted by Crippen LogP contribution is -2.49. The fourth-order valence-corrected chi connectivity index (χ4v) is 6.22. The molecule has 32 heavy (non-hydrogen) atoms. The topological polar surface area (TPSA) is 87.2 Å². The Morgan fingerprint density at radius 2 is 1.78 bits per heavy atom. The number of fused-ring (bicyclic) bond motifs is 1. The number of rotatable bonds is 3. The second-order valence-corrected chi connectivity index (χ2v) is 11.8. The summed E-state index contributed by atoms with van der Waals surface area (Å²) in [6.07, 6.45) is 2.21. The zero-order valence-electron chi connectivity index (χ0n) is 19.2. The van der Waals surface area contributed by atoms with E-state index in [9.17, 15) is 18.0 Å². The predicted molar refractivity (Wildman–Crippen MR) is 121 cm³/mol. The van der Waals surface area contributed by atoms with Crippen molar-refractivity contribution in [2.45, 2.75) is 44.9 Å². The minimum absolute atomic E-state index is 0.0268. The normalized spacial score (nSPS) is 22.7. The third-order valence-electron chi connectivity index (χ3n) is 6.52. The molecule has 3 aliphatic heterocycles. The number of sulfonamides is 1. The maximum absolute atomic E-state index is 13.4. The highest BCUT2D eigenvalue weighted by Gasteiger charge is 2.37. The van der Waals surface area contributed by atoms with Gasteiger partial charge in [0.15, 0.2) is 0 Å². The maximum Gasteiger partial charge on any atom is 0.243 e. The Morgan fingerprint density at radius 1 is 1.06 bits per heavy atom. The van der Waals surface area contributed by atoms with Crippen molar-refractivity contribution in [2.24, 2.45) is 11.3 Å². The van der Waals surface area contributed by atoms with E-state index in [1.807, 2.05) is 25.7 Å². The number of hydrogen-bond donors (Lipinski definition) is 0. The van der Waals surface area contributed by atoms with Crippen molar-refractivity contribution >= 4 is 27.5 Å². The lowest BCUT2D eigenvalue weighted by Gasteiger charge is -2.37. The van der Waals surface area contributed by atoms with Crippen molar-refractivity contribution in [3.63, 3.8) is 0 Å². The van der Waals surface area contributed by atoms with Crippen LogP contribution in [0.1, 0.15) is 39.2 Å². The van der Waals surface area contributed by atoms with E-state index in [1.54, 1.807) is 23.1 Å². The van der Waals surface area contributed by atoms with Gasteiger partial charge in [0.2, 0.25) is 21.8 Å². The van der Waals surface area contributed by atoms with Crippen molar-refractivity contribution in [1.82, 2.24) is 9.21 Å². The molecular formula is C23H33N3O5S. The molecule has 2 fully saturated rings.